The van der Waals surface area contributed by atoms with Crippen LogP contribution < -0.4 is 5.32 Å². The van der Waals surface area contributed by atoms with E-state index in [9.17, 15) is 0 Å². The monoisotopic (exact) mass is 533 g/mol. The number of nitrogens with zero attached hydrogens (tertiary/aromatic N) is 6. The number of likely N-dealkylation sites (N-methyl/N-ethyl adjacent to an activating group) is 1. The average molecular weight is 534 g/mol. The Morgan fingerprint density at radius 1 is 1.00 bits per heavy atom. The van der Waals surface area contributed by atoms with Gasteiger partial charge in [-0.05, 0) is 32.9 Å². The van der Waals surface area contributed by atoms with Crippen LogP contribution >= 0.6 is 24.0 Å². The Hall–Kier alpha value is -0.910. The molecule has 0 saturated carbocycles. The summed E-state index contributed by atoms with van der Waals surface area (Å²) in [5.74, 6) is 1.07. The lowest BCUT2D eigenvalue weighted by Gasteiger charge is -2.36. The number of hydrogen-bond acceptors (Lipinski definition) is 6. The van der Waals surface area contributed by atoms with Gasteiger partial charge in [0.15, 0.2) is 5.96 Å². The molecule has 0 amide bonds. The first-order chi connectivity index (χ1) is 14.3. The van der Waals surface area contributed by atoms with Gasteiger partial charge in [-0.1, -0.05) is 12.1 Å². The molecule has 0 atom stereocenters. The van der Waals surface area contributed by atoms with E-state index in [1.54, 1.807) is 6.26 Å². The summed E-state index contributed by atoms with van der Waals surface area (Å²) in [6.45, 7) is 18.5. The Labute approximate surface area is 199 Å². The van der Waals surface area contributed by atoms with Crippen LogP contribution in [0.3, 0.4) is 0 Å². The highest BCUT2D eigenvalue weighted by atomic mass is 127. The Morgan fingerprint density at radius 2 is 1.70 bits per heavy atom. The van der Waals surface area contributed by atoms with Gasteiger partial charge < -0.3 is 24.5 Å². The Bertz CT molecular complexity index is 582. The second kappa shape index (κ2) is 14.2. The van der Waals surface area contributed by atoms with Gasteiger partial charge in [-0.15, -0.1) is 24.0 Å². The van der Waals surface area contributed by atoms with Crippen LogP contribution in [0.4, 0.5) is 0 Å². The van der Waals surface area contributed by atoms with Gasteiger partial charge in [0.25, 0.3) is 0 Å². The van der Waals surface area contributed by atoms with E-state index in [4.69, 9.17) is 9.52 Å². The smallest absolute Gasteiger partial charge is 0.194 e. The van der Waals surface area contributed by atoms with Crippen molar-refractivity contribution >= 4 is 29.9 Å². The molecule has 0 aromatic carbocycles. The fourth-order valence-electron chi connectivity index (χ4n) is 4.05. The minimum absolute atomic E-state index is 0. The Morgan fingerprint density at radius 3 is 2.33 bits per heavy atom. The highest BCUT2D eigenvalue weighted by Crippen LogP contribution is 2.08. The van der Waals surface area contributed by atoms with Crippen molar-refractivity contribution in [3.63, 3.8) is 0 Å². The molecule has 0 spiro atoms. The summed E-state index contributed by atoms with van der Waals surface area (Å²) in [5.41, 5.74) is 1.01. The van der Waals surface area contributed by atoms with Crippen LogP contribution in [-0.4, -0.2) is 109 Å². The third-order valence-electron chi connectivity index (χ3n) is 5.94. The van der Waals surface area contributed by atoms with Gasteiger partial charge >= 0.3 is 0 Å². The van der Waals surface area contributed by atoms with E-state index < -0.39 is 0 Å². The number of nitrogens with one attached hydrogen (secondary N) is 1. The van der Waals surface area contributed by atoms with Crippen molar-refractivity contribution in [1.29, 1.82) is 0 Å². The summed E-state index contributed by atoms with van der Waals surface area (Å²) in [7, 11) is 0. The second-order valence-electron chi connectivity index (χ2n) is 7.97. The van der Waals surface area contributed by atoms with Crippen molar-refractivity contribution in [2.45, 2.75) is 33.2 Å². The van der Waals surface area contributed by atoms with Crippen molar-refractivity contribution < 1.29 is 4.52 Å². The quantitative estimate of drug-likeness (QED) is 0.225. The normalized spacial score (nSPS) is 19.7. The van der Waals surface area contributed by atoms with Crippen molar-refractivity contribution in [1.82, 2.24) is 30.1 Å². The molecule has 1 aromatic rings. The van der Waals surface area contributed by atoms with Crippen LogP contribution in [0.15, 0.2) is 21.8 Å². The SMILES string of the molecule is CCNC(=NCCCCN1CCN(CC)CC1)N1CCN(Cc2ccon2)CC1.I. The zero-order valence-electron chi connectivity index (χ0n) is 18.8. The molecule has 2 saturated heterocycles. The molecule has 30 heavy (non-hydrogen) atoms. The first kappa shape index (κ1) is 25.4. The minimum atomic E-state index is 0. The number of halogens is 1. The van der Waals surface area contributed by atoms with Crippen LogP contribution in [0.5, 0.6) is 0 Å². The van der Waals surface area contributed by atoms with Crippen LogP contribution in [0.2, 0.25) is 0 Å². The van der Waals surface area contributed by atoms with Gasteiger partial charge in [0, 0.05) is 78.1 Å². The predicted octanol–water partition coefficient (Wildman–Crippen LogP) is 1.79. The molecular formula is C21H40IN7O. The van der Waals surface area contributed by atoms with Gasteiger partial charge in [0.05, 0.1) is 5.69 Å². The van der Waals surface area contributed by atoms with Crippen LogP contribution in [0.1, 0.15) is 32.4 Å². The topological polar surface area (TPSA) is 63.4 Å². The maximum atomic E-state index is 4.94. The number of piperazine rings is 2. The number of rotatable bonds is 9. The van der Waals surface area contributed by atoms with Gasteiger partial charge in [-0.3, -0.25) is 9.89 Å². The summed E-state index contributed by atoms with van der Waals surface area (Å²) in [6, 6.07) is 1.95. The first-order valence-electron chi connectivity index (χ1n) is 11.4. The summed E-state index contributed by atoms with van der Waals surface area (Å²) in [6.07, 6.45) is 4.04. The number of aliphatic imine (C=N–C) groups is 1. The van der Waals surface area contributed by atoms with E-state index in [1.165, 1.54) is 45.7 Å². The van der Waals surface area contributed by atoms with E-state index in [0.717, 1.165) is 63.9 Å². The number of hydrogen-bond donors (Lipinski definition) is 1. The molecule has 2 aliphatic rings. The van der Waals surface area contributed by atoms with Crippen molar-refractivity contribution in [3.8, 4) is 0 Å². The van der Waals surface area contributed by atoms with Gasteiger partial charge in [0.2, 0.25) is 0 Å². The predicted molar refractivity (Wildman–Crippen MR) is 133 cm³/mol. The highest BCUT2D eigenvalue weighted by Gasteiger charge is 2.20. The van der Waals surface area contributed by atoms with Gasteiger partial charge in [-0.25, -0.2) is 0 Å². The maximum Gasteiger partial charge on any atom is 0.194 e. The summed E-state index contributed by atoms with van der Waals surface area (Å²) in [4.78, 5) is 14.9. The van der Waals surface area contributed by atoms with E-state index in [1.807, 2.05) is 6.07 Å². The third kappa shape index (κ3) is 8.32. The van der Waals surface area contributed by atoms with Gasteiger partial charge in [-0.2, -0.15) is 0 Å². The molecule has 1 N–H and O–H groups in total. The zero-order chi connectivity index (χ0) is 20.3. The van der Waals surface area contributed by atoms with E-state index in [2.05, 4.69) is 43.9 Å². The van der Waals surface area contributed by atoms with Crippen molar-refractivity contribution in [2.24, 2.45) is 4.99 Å². The Kier molecular flexibility index (Phi) is 12.0. The Balaban J connectivity index is 0.00000320. The molecule has 1 aromatic heterocycles. The number of aromatic nitrogens is 1. The molecule has 0 radical (unpaired) electrons. The molecule has 0 aliphatic carbocycles. The van der Waals surface area contributed by atoms with Crippen LogP contribution in [-0.2, 0) is 6.54 Å². The van der Waals surface area contributed by atoms with Crippen LogP contribution in [0, 0.1) is 0 Å². The zero-order valence-corrected chi connectivity index (χ0v) is 21.1. The van der Waals surface area contributed by atoms with E-state index in [-0.39, 0.29) is 24.0 Å². The third-order valence-corrected chi connectivity index (χ3v) is 5.94. The number of guanidine groups is 1. The number of unbranched alkanes of at least 4 members (excludes halogenated alkanes) is 1. The molecule has 3 heterocycles. The largest absolute Gasteiger partial charge is 0.364 e. The maximum absolute atomic E-state index is 4.94. The molecule has 2 aliphatic heterocycles. The summed E-state index contributed by atoms with van der Waals surface area (Å²) < 4.78 is 4.94. The minimum Gasteiger partial charge on any atom is -0.364 e. The van der Waals surface area contributed by atoms with Crippen molar-refractivity contribution in [3.05, 3.63) is 18.0 Å². The van der Waals surface area contributed by atoms with Gasteiger partial charge in [0.1, 0.15) is 6.26 Å². The molecule has 0 unspecified atom stereocenters. The molecule has 3 rings (SSSR count). The molecule has 0 bridgehead atoms. The molecule has 9 heteroatoms. The fraction of sp³-hybridized carbons (Fsp3) is 0.810. The molecular weight excluding hydrogens is 493 g/mol. The van der Waals surface area contributed by atoms with E-state index >= 15 is 0 Å². The van der Waals surface area contributed by atoms with Crippen molar-refractivity contribution in [2.75, 3.05) is 78.5 Å². The lowest BCUT2D eigenvalue weighted by Crippen LogP contribution is -2.52. The fourth-order valence-corrected chi connectivity index (χ4v) is 4.05. The summed E-state index contributed by atoms with van der Waals surface area (Å²) >= 11 is 0. The standard InChI is InChI=1S/C21H39N7O.HI/c1-3-22-21(23-8-5-6-9-26-12-10-25(4-2)11-13-26)28-16-14-27(15-17-28)19-20-7-18-29-24-20;/h7,18H,3-6,8-17,19H2,1-2H3,(H,22,23);1H. The molecule has 2 fully saturated rings. The van der Waals surface area contributed by atoms with Crippen LogP contribution in [0.25, 0.3) is 0 Å². The highest BCUT2D eigenvalue weighted by molar-refractivity contribution is 14.0. The lowest BCUT2D eigenvalue weighted by molar-refractivity contribution is 0.136. The first-order valence-corrected chi connectivity index (χ1v) is 11.4. The summed E-state index contributed by atoms with van der Waals surface area (Å²) in [5, 5.41) is 7.50. The lowest BCUT2D eigenvalue weighted by atomic mass is 10.2. The second-order valence-corrected chi connectivity index (χ2v) is 7.97. The van der Waals surface area contributed by atoms with E-state index in [0.29, 0.717) is 0 Å². The average Bonchev–Trinajstić information content (AvgIpc) is 3.27. The molecule has 8 nitrogen and oxygen atoms in total. The molecule has 172 valence electrons.